The first-order valence-corrected chi connectivity index (χ1v) is 8.98. The highest BCUT2D eigenvalue weighted by Crippen LogP contribution is 2.15. The number of nitrogens with one attached hydrogen (secondary N) is 2. The maximum Gasteiger partial charge on any atom is 0.317 e. The standard InChI is InChI=1S/C21H26FN3O2/c1-15(2)17-6-4-16(5-7-17)14-25(3)21(27)24-13-12-23-20(26)18-8-10-19(22)11-9-18/h4-11,15H,12-14H2,1-3H3,(H,23,26)(H,24,27). The van der Waals surface area contributed by atoms with Crippen molar-refractivity contribution in [2.24, 2.45) is 0 Å². The second kappa shape index (κ2) is 9.71. The van der Waals surface area contributed by atoms with Crippen LogP contribution >= 0.6 is 0 Å². The molecule has 144 valence electrons. The van der Waals surface area contributed by atoms with Crippen LogP contribution in [0.3, 0.4) is 0 Å². The summed E-state index contributed by atoms with van der Waals surface area (Å²) in [6.07, 6.45) is 0. The topological polar surface area (TPSA) is 61.4 Å². The molecule has 2 aromatic carbocycles. The van der Waals surface area contributed by atoms with Gasteiger partial charge in [-0.25, -0.2) is 9.18 Å². The second-order valence-corrected chi connectivity index (χ2v) is 6.75. The molecule has 0 aliphatic rings. The van der Waals surface area contributed by atoms with Crippen molar-refractivity contribution in [1.82, 2.24) is 15.5 Å². The molecule has 0 aliphatic heterocycles. The maximum atomic E-state index is 12.8. The Bertz CT molecular complexity index is 758. The van der Waals surface area contributed by atoms with Crippen LogP contribution in [0.2, 0.25) is 0 Å². The maximum absolute atomic E-state index is 12.8. The zero-order valence-corrected chi connectivity index (χ0v) is 16.0. The van der Waals surface area contributed by atoms with E-state index in [2.05, 4.69) is 36.6 Å². The molecule has 0 unspecified atom stereocenters. The molecule has 0 aromatic heterocycles. The van der Waals surface area contributed by atoms with Gasteiger partial charge >= 0.3 is 6.03 Å². The fourth-order valence-corrected chi connectivity index (χ4v) is 2.54. The van der Waals surface area contributed by atoms with E-state index in [0.717, 1.165) is 5.56 Å². The molecule has 0 fully saturated rings. The molecule has 3 amide bonds. The van der Waals surface area contributed by atoms with Gasteiger partial charge in [0.05, 0.1) is 0 Å². The second-order valence-electron chi connectivity index (χ2n) is 6.75. The average molecular weight is 371 g/mol. The van der Waals surface area contributed by atoms with E-state index >= 15 is 0 Å². The summed E-state index contributed by atoms with van der Waals surface area (Å²) >= 11 is 0. The number of carbonyl (C=O) groups is 2. The molecule has 6 heteroatoms. The van der Waals surface area contributed by atoms with Gasteiger partial charge in [-0.2, -0.15) is 0 Å². The summed E-state index contributed by atoms with van der Waals surface area (Å²) in [5.74, 6) is -0.214. The van der Waals surface area contributed by atoms with Gasteiger partial charge in [0.25, 0.3) is 5.91 Å². The number of hydrogen-bond donors (Lipinski definition) is 2. The molecule has 0 atom stereocenters. The summed E-state index contributed by atoms with van der Waals surface area (Å²) in [7, 11) is 1.72. The zero-order valence-electron chi connectivity index (χ0n) is 16.0. The Balaban J connectivity index is 1.71. The van der Waals surface area contributed by atoms with Gasteiger partial charge in [0.1, 0.15) is 5.82 Å². The highest BCUT2D eigenvalue weighted by molar-refractivity contribution is 5.94. The number of hydrogen-bond acceptors (Lipinski definition) is 2. The van der Waals surface area contributed by atoms with E-state index in [-0.39, 0.29) is 17.8 Å². The van der Waals surface area contributed by atoms with E-state index in [9.17, 15) is 14.0 Å². The Kier molecular flexibility index (Phi) is 7.34. The Hall–Kier alpha value is -2.89. The largest absolute Gasteiger partial charge is 0.350 e. The number of rotatable bonds is 7. The monoisotopic (exact) mass is 371 g/mol. The minimum atomic E-state index is -0.388. The number of amides is 3. The summed E-state index contributed by atoms with van der Waals surface area (Å²) in [4.78, 5) is 25.6. The molecule has 27 heavy (non-hydrogen) atoms. The minimum absolute atomic E-state index is 0.209. The number of carbonyl (C=O) groups excluding carboxylic acids is 2. The quantitative estimate of drug-likeness (QED) is 0.732. The summed E-state index contributed by atoms with van der Waals surface area (Å²) in [5.41, 5.74) is 2.70. The fourth-order valence-electron chi connectivity index (χ4n) is 2.54. The Labute approximate surface area is 159 Å². The van der Waals surface area contributed by atoms with E-state index < -0.39 is 0 Å². The predicted octanol–water partition coefficient (Wildman–Crippen LogP) is 3.52. The van der Waals surface area contributed by atoms with Crippen molar-refractivity contribution in [3.63, 3.8) is 0 Å². The highest BCUT2D eigenvalue weighted by atomic mass is 19.1. The first-order chi connectivity index (χ1) is 12.9. The highest BCUT2D eigenvalue weighted by Gasteiger charge is 2.10. The number of benzene rings is 2. The molecule has 0 saturated carbocycles. The van der Waals surface area contributed by atoms with Crippen molar-refractivity contribution >= 4 is 11.9 Å². The van der Waals surface area contributed by atoms with E-state index in [4.69, 9.17) is 0 Å². The summed E-state index contributed by atoms with van der Waals surface area (Å²) in [6.45, 7) is 5.39. The molecule has 5 nitrogen and oxygen atoms in total. The van der Waals surface area contributed by atoms with Gasteiger partial charge in [-0.1, -0.05) is 38.1 Å². The molecular weight excluding hydrogens is 345 g/mol. The molecule has 2 aromatic rings. The van der Waals surface area contributed by atoms with Gasteiger partial charge in [-0.05, 0) is 41.3 Å². The molecule has 0 aliphatic carbocycles. The predicted molar refractivity (Wildman–Crippen MR) is 104 cm³/mol. The van der Waals surface area contributed by atoms with Gasteiger partial charge in [0.15, 0.2) is 0 Å². The number of nitrogens with zero attached hydrogens (tertiary/aromatic N) is 1. The van der Waals surface area contributed by atoms with Gasteiger partial charge in [0, 0.05) is 32.2 Å². The third-order valence-electron chi connectivity index (χ3n) is 4.21. The summed E-state index contributed by atoms with van der Waals surface area (Å²) < 4.78 is 12.8. The molecular formula is C21H26FN3O2. The minimum Gasteiger partial charge on any atom is -0.350 e. The zero-order chi connectivity index (χ0) is 19.8. The van der Waals surface area contributed by atoms with Crippen molar-refractivity contribution in [3.05, 3.63) is 71.0 Å². The molecule has 0 spiro atoms. The average Bonchev–Trinajstić information content (AvgIpc) is 2.65. The lowest BCUT2D eigenvalue weighted by Crippen LogP contribution is -2.41. The van der Waals surface area contributed by atoms with Crippen LogP contribution in [0, 0.1) is 5.82 Å². The Morgan fingerprint density at radius 2 is 1.56 bits per heavy atom. The van der Waals surface area contributed by atoms with Crippen molar-refractivity contribution in [3.8, 4) is 0 Å². The third kappa shape index (κ3) is 6.40. The lowest BCUT2D eigenvalue weighted by molar-refractivity contribution is 0.0953. The van der Waals surface area contributed by atoms with Crippen LogP contribution in [0.1, 0.15) is 41.3 Å². The summed E-state index contributed by atoms with van der Waals surface area (Å²) in [6, 6.07) is 13.3. The smallest absolute Gasteiger partial charge is 0.317 e. The number of urea groups is 1. The van der Waals surface area contributed by atoms with Crippen LogP contribution in [0.25, 0.3) is 0 Å². The van der Waals surface area contributed by atoms with Gasteiger partial charge in [-0.15, -0.1) is 0 Å². The van der Waals surface area contributed by atoms with Gasteiger partial charge in [-0.3, -0.25) is 4.79 Å². The summed E-state index contributed by atoms with van der Waals surface area (Å²) in [5, 5.41) is 5.45. The van der Waals surface area contributed by atoms with Gasteiger partial charge in [0.2, 0.25) is 0 Å². The van der Waals surface area contributed by atoms with Crippen LogP contribution in [0.4, 0.5) is 9.18 Å². The van der Waals surface area contributed by atoms with E-state index in [1.807, 2.05) is 12.1 Å². The molecule has 2 N–H and O–H groups in total. The first-order valence-electron chi connectivity index (χ1n) is 8.98. The molecule has 0 bridgehead atoms. The van der Waals surface area contributed by atoms with E-state index in [1.54, 1.807) is 11.9 Å². The molecule has 2 rings (SSSR count). The molecule has 0 saturated heterocycles. The van der Waals surface area contributed by atoms with Gasteiger partial charge < -0.3 is 15.5 Å². The lowest BCUT2D eigenvalue weighted by Gasteiger charge is -2.18. The van der Waals surface area contributed by atoms with Crippen molar-refractivity contribution in [2.75, 3.05) is 20.1 Å². The van der Waals surface area contributed by atoms with Crippen molar-refractivity contribution < 1.29 is 14.0 Å². The van der Waals surface area contributed by atoms with Crippen LogP contribution in [0.5, 0.6) is 0 Å². The van der Waals surface area contributed by atoms with Crippen LogP contribution in [0.15, 0.2) is 48.5 Å². The van der Waals surface area contributed by atoms with Crippen molar-refractivity contribution in [1.29, 1.82) is 0 Å². The van der Waals surface area contributed by atoms with E-state index in [0.29, 0.717) is 31.1 Å². The van der Waals surface area contributed by atoms with Crippen molar-refractivity contribution in [2.45, 2.75) is 26.3 Å². The van der Waals surface area contributed by atoms with Crippen LogP contribution in [-0.2, 0) is 6.54 Å². The first kappa shape index (κ1) is 20.4. The number of halogens is 1. The normalized spacial score (nSPS) is 10.6. The lowest BCUT2D eigenvalue weighted by atomic mass is 10.0. The SMILES string of the molecule is CC(C)c1ccc(CN(C)C(=O)NCCNC(=O)c2ccc(F)cc2)cc1. The fraction of sp³-hybridized carbons (Fsp3) is 0.333. The Morgan fingerprint density at radius 1 is 0.963 bits per heavy atom. The third-order valence-corrected chi connectivity index (χ3v) is 4.21. The molecule has 0 radical (unpaired) electrons. The van der Waals surface area contributed by atoms with Crippen LogP contribution < -0.4 is 10.6 Å². The Morgan fingerprint density at radius 3 is 2.15 bits per heavy atom. The molecule has 0 heterocycles. The van der Waals surface area contributed by atoms with Crippen LogP contribution in [-0.4, -0.2) is 37.0 Å². The van der Waals surface area contributed by atoms with E-state index in [1.165, 1.54) is 29.8 Å².